The molecule has 0 radical (unpaired) electrons. The van der Waals surface area contributed by atoms with Crippen LogP contribution in [0.3, 0.4) is 0 Å². The fraction of sp³-hybridized carbons (Fsp3) is 0.150. The van der Waals surface area contributed by atoms with E-state index in [1.807, 2.05) is 30.3 Å². The molecule has 2 rings (SSSR count). The van der Waals surface area contributed by atoms with Crippen LogP contribution >= 0.6 is 0 Å². The minimum atomic E-state index is -0.375. The number of carbonyl (C=O) groups is 1. The van der Waals surface area contributed by atoms with Crippen molar-refractivity contribution in [3.63, 3.8) is 0 Å². The molecule has 0 heterocycles. The fourth-order valence-electron chi connectivity index (χ4n) is 2.02. The Labute approximate surface area is 141 Å². The summed E-state index contributed by atoms with van der Waals surface area (Å²) < 4.78 is 18.4. The van der Waals surface area contributed by atoms with Gasteiger partial charge >= 0.3 is 0 Å². The number of hydrogen-bond donors (Lipinski definition) is 1. The molecule has 0 spiro atoms. The van der Waals surface area contributed by atoms with E-state index in [4.69, 9.17) is 4.74 Å². The van der Waals surface area contributed by atoms with Crippen LogP contribution < -0.4 is 10.1 Å². The van der Waals surface area contributed by atoms with Gasteiger partial charge in [-0.25, -0.2) is 4.39 Å². The second-order valence-electron chi connectivity index (χ2n) is 4.93. The zero-order valence-corrected chi connectivity index (χ0v) is 13.2. The number of nitrogens with one attached hydrogen (secondary N) is 1. The molecule has 0 aliphatic carbocycles. The van der Waals surface area contributed by atoms with Crippen molar-refractivity contribution in [3.8, 4) is 17.6 Å². The number of benzene rings is 2. The van der Waals surface area contributed by atoms with Gasteiger partial charge in [0.1, 0.15) is 18.2 Å². The highest BCUT2D eigenvalue weighted by Crippen LogP contribution is 2.18. The van der Waals surface area contributed by atoms with Crippen molar-refractivity contribution in [2.45, 2.75) is 6.42 Å². The lowest BCUT2D eigenvalue weighted by molar-refractivity contribution is 0.0958. The van der Waals surface area contributed by atoms with E-state index in [0.29, 0.717) is 5.56 Å². The quantitative estimate of drug-likeness (QED) is 0.654. The molecule has 2 aromatic rings. The van der Waals surface area contributed by atoms with Crippen LogP contribution in [0.15, 0.2) is 61.2 Å². The SMILES string of the molecule is C=CCc1ccccc1OCC#CCNC(=O)c1ccc(F)cc1. The van der Waals surface area contributed by atoms with Crippen molar-refractivity contribution < 1.29 is 13.9 Å². The summed E-state index contributed by atoms with van der Waals surface area (Å²) in [5, 5.41) is 2.64. The first kappa shape index (κ1) is 17.3. The minimum Gasteiger partial charge on any atom is -0.481 e. The van der Waals surface area contributed by atoms with Crippen LogP contribution in [-0.4, -0.2) is 19.1 Å². The maximum atomic E-state index is 12.8. The first-order chi connectivity index (χ1) is 11.7. The van der Waals surface area contributed by atoms with Crippen molar-refractivity contribution in [1.29, 1.82) is 0 Å². The zero-order chi connectivity index (χ0) is 17.2. The Kier molecular flexibility index (Phi) is 6.60. The molecule has 0 unspecified atom stereocenters. The van der Waals surface area contributed by atoms with E-state index in [2.05, 4.69) is 23.7 Å². The molecule has 1 amide bonds. The predicted octanol–water partition coefficient (Wildman–Crippen LogP) is 3.37. The molecular formula is C20H18FNO2. The lowest BCUT2D eigenvalue weighted by Crippen LogP contribution is -2.23. The van der Waals surface area contributed by atoms with E-state index in [1.54, 1.807) is 0 Å². The van der Waals surface area contributed by atoms with E-state index in [0.717, 1.165) is 17.7 Å². The van der Waals surface area contributed by atoms with Crippen LogP contribution in [0.4, 0.5) is 4.39 Å². The average Bonchev–Trinajstić information content (AvgIpc) is 2.60. The number of carbonyl (C=O) groups excluding carboxylic acids is 1. The fourth-order valence-corrected chi connectivity index (χ4v) is 2.02. The van der Waals surface area contributed by atoms with Gasteiger partial charge < -0.3 is 10.1 Å². The number of rotatable bonds is 6. The van der Waals surface area contributed by atoms with Gasteiger partial charge in [-0.2, -0.15) is 0 Å². The topological polar surface area (TPSA) is 38.3 Å². The summed E-state index contributed by atoms with van der Waals surface area (Å²) in [6, 6.07) is 13.1. The summed E-state index contributed by atoms with van der Waals surface area (Å²) in [5.41, 5.74) is 1.45. The largest absolute Gasteiger partial charge is 0.481 e. The molecule has 0 fully saturated rings. The summed E-state index contributed by atoms with van der Waals surface area (Å²) in [5.74, 6) is 5.78. The Balaban J connectivity index is 1.77. The highest BCUT2D eigenvalue weighted by molar-refractivity contribution is 5.94. The zero-order valence-electron chi connectivity index (χ0n) is 13.2. The van der Waals surface area contributed by atoms with Gasteiger partial charge in [-0.3, -0.25) is 4.79 Å². The molecular weight excluding hydrogens is 305 g/mol. The van der Waals surface area contributed by atoms with Crippen LogP contribution in [-0.2, 0) is 6.42 Å². The number of ether oxygens (including phenoxy) is 1. The molecule has 24 heavy (non-hydrogen) atoms. The van der Waals surface area contributed by atoms with E-state index >= 15 is 0 Å². The summed E-state index contributed by atoms with van der Waals surface area (Å²) in [6.07, 6.45) is 2.55. The normalized spacial score (nSPS) is 9.54. The predicted molar refractivity (Wildman–Crippen MR) is 92.3 cm³/mol. The Morgan fingerprint density at radius 1 is 1.17 bits per heavy atom. The maximum absolute atomic E-state index is 12.8. The van der Waals surface area contributed by atoms with Crippen LogP contribution in [0.1, 0.15) is 15.9 Å². The molecule has 2 aromatic carbocycles. The summed E-state index contributed by atoms with van der Waals surface area (Å²) in [6.45, 7) is 4.16. The molecule has 3 nitrogen and oxygen atoms in total. The highest BCUT2D eigenvalue weighted by atomic mass is 19.1. The molecule has 0 saturated carbocycles. The van der Waals surface area contributed by atoms with Crippen molar-refractivity contribution in [1.82, 2.24) is 5.32 Å². The number of para-hydroxylation sites is 1. The van der Waals surface area contributed by atoms with E-state index in [9.17, 15) is 9.18 Å². The average molecular weight is 323 g/mol. The van der Waals surface area contributed by atoms with Gasteiger partial charge in [-0.1, -0.05) is 36.1 Å². The Bertz CT molecular complexity index is 757. The molecule has 0 saturated heterocycles. The van der Waals surface area contributed by atoms with Crippen molar-refractivity contribution >= 4 is 5.91 Å². The molecule has 122 valence electrons. The number of allylic oxidation sites excluding steroid dienone is 1. The van der Waals surface area contributed by atoms with Crippen LogP contribution in [0.25, 0.3) is 0 Å². The van der Waals surface area contributed by atoms with Gasteiger partial charge in [0.2, 0.25) is 0 Å². The lowest BCUT2D eigenvalue weighted by Gasteiger charge is -2.07. The summed E-state index contributed by atoms with van der Waals surface area (Å²) >= 11 is 0. The van der Waals surface area contributed by atoms with Gasteiger partial charge in [0.15, 0.2) is 0 Å². The van der Waals surface area contributed by atoms with Gasteiger partial charge in [0.05, 0.1) is 6.54 Å². The van der Waals surface area contributed by atoms with Gasteiger partial charge in [-0.15, -0.1) is 6.58 Å². The second-order valence-corrected chi connectivity index (χ2v) is 4.93. The Morgan fingerprint density at radius 2 is 1.92 bits per heavy atom. The van der Waals surface area contributed by atoms with E-state index < -0.39 is 0 Å². The first-order valence-electron chi connectivity index (χ1n) is 7.52. The van der Waals surface area contributed by atoms with Crippen LogP contribution in [0, 0.1) is 17.7 Å². The first-order valence-corrected chi connectivity index (χ1v) is 7.52. The van der Waals surface area contributed by atoms with Gasteiger partial charge in [0, 0.05) is 5.56 Å². The van der Waals surface area contributed by atoms with Gasteiger partial charge in [0.25, 0.3) is 5.91 Å². The molecule has 0 atom stereocenters. The van der Waals surface area contributed by atoms with Crippen LogP contribution in [0.5, 0.6) is 5.75 Å². The molecule has 0 aliphatic rings. The van der Waals surface area contributed by atoms with Crippen LogP contribution in [0.2, 0.25) is 0 Å². The van der Waals surface area contributed by atoms with Crippen molar-refractivity contribution in [3.05, 3.63) is 78.1 Å². The van der Waals surface area contributed by atoms with Crippen molar-refractivity contribution in [2.24, 2.45) is 0 Å². The third-order valence-corrected chi connectivity index (χ3v) is 3.21. The minimum absolute atomic E-state index is 0.202. The maximum Gasteiger partial charge on any atom is 0.252 e. The van der Waals surface area contributed by atoms with E-state index in [1.165, 1.54) is 24.3 Å². The number of hydrogen-bond acceptors (Lipinski definition) is 2. The molecule has 0 bridgehead atoms. The molecule has 0 aliphatic heterocycles. The Hall–Kier alpha value is -3.06. The smallest absolute Gasteiger partial charge is 0.252 e. The van der Waals surface area contributed by atoms with Crippen molar-refractivity contribution in [2.75, 3.05) is 13.2 Å². The lowest BCUT2D eigenvalue weighted by atomic mass is 10.1. The summed E-state index contributed by atoms with van der Waals surface area (Å²) in [4.78, 5) is 11.8. The monoisotopic (exact) mass is 323 g/mol. The van der Waals surface area contributed by atoms with E-state index in [-0.39, 0.29) is 24.9 Å². The highest BCUT2D eigenvalue weighted by Gasteiger charge is 2.03. The Morgan fingerprint density at radius 3 is 2.67 bits per heavy atom. The molecule has 1 N–H and O–H groups in total. The standard InChI is InChI=1S/C20H18FNO2/c1-2-7-16-8-3-4-9-19(16)24-15-6-5-14-22-20(23)17-10-12-18(21)13-11-17/h2-4,8-13H,1,7,14-15H2,(H,22,23). The van der Waals surface area contributed by atoms with Gasteiger partial charge in [-0.05, 0) is 42.3 Å². The summed E-state index contributed by atoms with van der Waals surface area (Å²) in [7, 11) is 0. The third-order valence-electron chi connectivity index (χ3n) is 3.21. The molecule has 4 heteroatoms. The second kappa shape index (κ2) is 9.16. The number of halogens is 1. The number of amides is 1. The third kappa shape index (κ3) is 5.29. The molecule has 0 aromatic heterocycles.